The normalized spacial score (nSPS) is 20.7. The topological polar surface area (TPSA) is 44.4 Å². The molecule has 0 bridgehead atoms. The number of piperazine rings is 1. The maximum Gasteiger partial charge on any atom is 0.242 e. The molecule has 110 valence electrons. The third-order valence-corrected chi connectivity index (χ3v) is 3.93. The molecular formula is C15H22FN3O. The second-order valence-electron chi connectivity index (χ2n) is 5.13. The number of nitrogens with zero attached hydrogens (tertiary/aromatic N) is 1. The molecule has 0 spiro atoms. The Labute approximate surface area is 119 Å². The average molecular weight is 279 g/mol. The molecule has 1 amide bonds. The van der Waals surface area contributed by atoms with Gasteiger partial charge in [-0.15, -0.1) is 0 Å². The van der Waals surface area contributed by atoms with Crippen LogP contribution in [0, 0.1) is 5.82 Å². The zero-order chi connectivity index (χ0) is 14.7. The molecule has 5 heteroatoms. The Morgan fingerprint density at radius 2 is 2.30 bits per heavy atom. The number of anilines is 1. The fourth-order valence-corrected chi connectivity index (χ4v) is 2.60. The second kappa shape index (κ2) is 6.22. The van der Waals surface area contributed by atoms with Crippen molar-refractivity contribution in [1.82, 2.24) is 10.6 Å². The van der Waals surface area contributed by atoms with Crippen molar-refractivity contribution in [2.45, 2.75) is 32.4 Å². The summed E-state index contributed by atoms with van der Waals surface area (Å²) in [5.41, 5.74) is 1.42. The minimum absolute atomic E-state index is 0.0224. The molecule has 2 unspecified atom stereocenters. The third-order valence-electron chi connectivity index (χ3n) is 3.93. The molecule has 1 saturated heterocycles. The van der Waals surface area contributed by atoms with Gasteiger partial charge in [0, 0.05) is 19.1 Å². The molecule has 4 nitrogen and oxygen atoms in total. The first-order chi connectivity index (χ1) is 9.58. The van der Waals surface area contributed by atoms with Crippen molar-refractivity contribution in [2.75, 3.05) is 25.0 Å². The number of carbonyl (C=O) groups is 1. The largest absolute Gasteiger partial charge is 0.355 e. The number of benzene rings is 1. The summed E-state index contributed by atoms with van der Waals surface area (Å²) in [4.78, 5) is 13.7. The summed E-state index contributed by atoms with van der Waals surface area (Å²) in [6.45, 7) is 5.13. The zero-order valence-corrected chi connectivity index (χ0v) is 12.2. The highest BCUT2D eigenvalue weighted by Crippen LogP contribution is 2.26. The molecule has 0 aliphatic carbocycles. The Kier molecular flexibility index (Phi) is 4.60. The first-order valence-corrected chi connectivity index (χ1v) is 7.09. The number of hydrogen-bond acceptors (Lipinski definition) is 3. The number of nitrogens with one attached hydrogen (secondary N) is 2. The number of halogens is 1. The van der Waals surface area contributed by atoms with E-state index in [1.165, 1.54) is 0 Å². The summed E-state index contributed by atoms with van der Waals surface area (Å²) in [5, 5.41) is 5.92. The first-order valence-electron chi connectivity index (χ1n) is 7.09. The summed E-state index contributed by atoms with van der Waals surface area (Å²) in [6.07, 6.45) is 0.667. The lowest BCUT2D eigenvalue weighted by Gasteiger charge is -2.36. The molecule has 1 aliphatic heterocycles. The molecule has 2 rings (SSSR count). The van der Waals surface area contributed by atoms with E-state index in [9.17, 15) is 9.18 Å². The lowest BCUT2D eigenvalue weighted by molar-refractivity contribution is -0.123. The van der Waals surface area contributed by atoms with Crippen molar-refractivity contribution in [2.24, 2.45) is 0 Å². The minimum Gasteiger partial charge on any atom is -0.355 e. The van der Waals surface area contributed by atoms with Crippen molar-refractivity contribution in [3.8, 4) is 0 Å². The predicted molar refractivity (Wildman–Crippen MR) is 78.3 cm³/mol. The number of carbonyl (C=O) groups excluding carboxylic acids is 1. The van der Waals surface area contributed by atoms with Gasteiger partial charge in [0.2, 0.25) is 5.91 Å². The van der Waals surface area contributed by atoms with Crippen molar-refractivity contribution in [3.05, 3.63) is 29.6 Å². The van der Waals surface area contributed by atoms with E-state index in [4.69, 9.17) is 0 Å². The van der Waals surface area contributed by atoms with Gasteiger partial charge in [0.05, 0.1) is 5.69 Å². The van der Waals surface area contributed by atoms with E-state index in [0.717, 1.165) is 5.56 Å². The Morgan fingerprint density at radius 3 is 2.90 bits per heavy atom. The Morgan fingerprint density at radius 1 is 1.55 bits per heavy atom. The van der Waals surface area contributed by atoms with Gasteiger partial charge in [0.15, 0.2) is 0 Å². The van der Waals surface area contributed by atoms with Crippen LogP contribution in [0.3, 0.4) is 0 Å². The van der Waals surface area contributed by atoms with Crippen molar-refractivity contribution >= 4 is 11.6 Å². The summed E-state index contributed by atoms with van der Waals surface area (Å²) >= 11 is 0. The van der Waals surface area contributed by atoms with Crippen LogP contribution in [0.1, 0.15) is 31.9 Å². The van der Waals surface area contributed by atoms with Gasteiger partial charge >= 0.3 is 0 Å². The van der Waals surface area contributed by atoms with Gasteiger partial charge < -0.3 is 15.5 Å². The SMILES string of the molecule is CCC1C(=O)NCCN1c1ccc(C(C)NC)cc1F. The quantitative estimate of drug-likeness (QED) is 0.883. The molecule has 0 saturated carbocycles. The Hall–Kier alpha value is -1.62. The van der Waals surface area contributed by atoms with Gasteiger partial charge in [-0.1, -0.05) is 13.0 Å². The maximum absolute atomic E-state index is 14.4. The highest BCUT2D eigenvalue weighted by atomic mass is 19.1. The fraction of sp³-hybridized carbons (Fsp3) is 0.533. The van der Waals surface area contributed by atoms with Crippen molar-refractivity contribution in [3.63, 3.8) is 0 Å². The average Bonchev–Trinajstić information content (AvgIpc) is 2.46. The molecule has 1 fully saturated rings. The summed E-state index contributed by atoms with van der Waals surface area (Å²) in [5.74, 6) is -0.288. The summed E-state index contributed by atoms with van der Waals surface area (Å²) in [7, 11) is 1.85. The van der Waals surface area contributed by atoms with Crippen LogP contribution >= 0.6 is 0 Å². The van der Waals surface area contributed by atoms with Crippen LogP contribution in [0.15, 0.2) is 18.2 Å². The molecule has 1 aliphatic rings. The smallest absolute Gasteiger partial charge is 0.242 e. The molecular weight excluding hydrogens is 257 g/mol. The van der Waals surface area contributed by atoms with Gasteiger partial charge in [-0.05, 0) is 38.1 Å². The van der Waals surface area contributed by atoms with Gasteiger partial charge in [-0.3, -0.25) is 4.79 Å². The highest BCUT2D eigenvalue weighted by molar-refractivity contribution is 5.86. The van der Waals surface area contributed by atoms with Crippen LogP contribution in [-0.4, -0.2) is 32.1 Å². The molecule has 20 heavy (non-hydrogen) atoms. The van der Waals surface area contributed by atoms with E-state index in [1.807, 2.05) is 31.9 Å². The standard InChI is InChI=1S/C15H22FN3O/c1-4-13-15(20)18-7-8-19(13)14-6-5-11(9-12(14)16)10(2)17-3/h5-6,9-10,13,17H,4,7-8H2,1-3H3,(H,18,20). The van der Waals surface area contributed by atoms with Crippen LogP contribution in [0.4, 0.5) is 10.1 Å². The summed E-state index contributed by atoms with van der Waals surface area (Å²) in [6, 6.07) is 5.06. The highest BCUT2D eigenvalue weighted by Gasteiger charge is 2.29. The van der Waals surface area contributed by atoms with Crippen molar-refractivity contribution < 1.29 is 9.18 Å². The van der Waals surface area contributed by atoms with Crippen molar-refractivity contribution in [1.29, 1.82) is 0 Å². The molecule has 0 aromatic heterocycles. The van der Waals surface area contributed by atoms with Gasteiger partial charge in [-0.25, -0.2) is 4.39 Å². The van der Waals surface area contributed by atoms with Gasteiger partial charge in [0.1, 0.15) is 11.9 Å². The van der Waals surface area contributed by atoms with Crippen LogP contribution in [-0.2, 0) is 4.79 Å². The second-order valence-corrected chi connectivity index (χ2v) is 5.13. The van der Waals surface area contributed by atoms with E-state index in [0.29, 0.717) is 25.2 Å². The number of amides is 1. The Balaban J connectivity index is 2.30. The van der Waals surface area contributed by atoms with Crippen LogP contribution < -0.4 is 15.5 Å². The van der Waals surface area contributed by atoms with Gasteiger partial charge in [-0.2, -0.15) is 0 Å². The van der Waals surface area contributed by atoms with E-state index >= 15 is 0 Å². The maximum atomic E-state index is 14.4. The van der Waals surface area contributed by atoms with E-state index < -0.39 is 0 Å². The molecule has 2 N–H and O–H groups in total. The molecule has 0 radical (unpaired) electrons. The number of rotatable bonds is 4. The Bertz CT molecular complexity index is 492. The number of hydrogen-bond donors (Lipinski definition) is 2. The first kappa shape index (κ1) is 14.8. The van der Waals surface area contributed by atoms with E-state index in [1.54, 1.807) is 12.1 Å². The van der Waals surface area contributed by atoms with E-state index in [2.05, 4.69) is 10.6 Å². The third kappa shape index (κ3) is 2.77. The van der Waals surface area contributed by atoms with E-state index in [-0.39, 0.29) is 23.8 Å². The monoisotopic (exact) mass is 279 g/mol. The lowest BCUT2D eigenvalue weighted by Crippen LogP contribution is -2.55. The summed E-state index contributed by atoms with van der Waals surface area (Å²) < 4.78 is 14.4. The predicted octanol–water partition coefficient (Wildman–Crippen LogP) is 1.82. The zero-order valence-electron chi connectivity index (χ0n) is 12.2. The molecule has 1 aromatic rings. The van der Waals surface area contributed by atoms with Crippen LogP contribution in [0.25, 0.3) is 0 Å². The van der Waals surface area contributed by atoms with Crippen LogP contribution in [0.2, 0.25) is 0 Å². The molecule has 1 aromatic carbocycles. The minimum atomic E-state index is -0.286. The lowest BCUT2D eigenvalue weighted by atomic mass is 10.0. The van der Waals surface area contributed by atoms with Crippen LogP contribution in [0.5, 0.6) is 0 Å². The fourth-order valence-electron chi connectivity index (χ4n) is 2.60. The van der Waals surface area contributed by atoms with Gasteiger partial charge in [0.25, 0.3) is 0 Å². The molecule has 1 heterocycles. The molecule has 2 atom stereocenters.